The van der Waals surface area contributed by atoms with Crippen LogP contribution in [0.1, 0.15) is 5.56 Å². The average Bonchev–Trinajstić information content (AvgIpc) is 2.76. The molecule has 5 nitrogen and oxygen atoms in total. The molecule has 1 heterocycles. The maximum atomic E-state index is 12.2. The molecule has 0 bridgehead atoms. The third kappa shape index (κ3) is 2.62. The summed E-state index contributed by atoms with van der Waals surface area (Å²) in [6.45, 7) is 1.76. The Balaban J connectivity index is 2.30. The molecular formula is C11H13N3O2S2. The van der Waals surface area contributed by atoms with E-state index in [0.717, 1.165) is 5.00 Å². The summed E-state index contributed by atoms with van der Waals surface area (Å²) in [5, 5.41) is 4.06. The van der Waals surface area contributed by atoms with Crippen LogP contribution in [0.4, 0.5) is 10.1 Å². The van der Waals surface area contributed by atoms with Crippen molar-refractivity contribution in [3.05, 3.63) is 36.0 Å². The van der Waals surface area contributed by atoms with Crippen LogP contribution in [0, 0.1) is 6.92 Å². The molecule has 0 saturated carbocycles. The lowest BCUT2D eigenvalue weighted by Gasteiger charge is -2.07. The highest BCUT2D eigenvalue weighted by Crippen LogP contribution is 2.25. The van der Waals surface area contributed by atoms with Crippen molar-refractivity contribution in [2.24, 2.45) is 0 Å². The highest BCUT2D eigenvalue weighted by molar-refractivity contribution is 7.93. The van der Waals surface area contributed by atoms with Gasteiger partial charge in [-0.3, -0.25) is 4.72 Å². The maximum Gasteiger partial charge on any atom is 0.263 e. The minimum Gasteiger partial charge on any atom is -0.379 e. The van der Waals surface area contributed by atoms with Gasteiger partial charge < -0.3 is 5.32 Å². The number of sulfonamides is 1. The van der Waals surface area contributed by atoms with E-state index < -0.39 is 10.0 Å². The molecule has 0 radical (unpaired) electrons. The van der Waals surface area contributed by atoms with Crippen molar-refractivity contribution in [2.45, 2.75) is 11.8 Å². The topological polar surface area (TPSA) is 71.1 Å². The second kappa shape index (κ2) is 4.95. The summed E-state index contributed by atoms with van der Waals surface area (Å²) in [6.07, 6.45) is 1.58. The van der Waals surface area contributed by atoms with Gasteiger partial charge in [0.05, 0.1) is 11.1 Å². The highest BCUT2D eigenvalue weighted by atomic mass is 32.2. The van der Waals surface area contributed by atoms with Crippen molar-refractivity contribution >= 4 is 31.5 Å². The molecule has 7 heteroatoms. The number of thiazole rings is 1. The lowest BCUT2D eigenvalue weighted by molar-refractivity contribution is 0.600. The number of aryl methyl sites for hydroxylation is 1. The first-order chi connectivity index (χ1) is 8.53. The van der Waals surface area contributed by atoms with E-state index in [-0.39, 0.29) is 4.90 Å². The zero-order valence-electron chi connectivity index (χ0n) is 9.97. The molecule has 2 aromatic rings. The first kappa shape index (κ1) is 12.8. The van der Waals surface area contributed by atoms with Gasteiger partial charge in [0, 0.05) is 7.05 Å². The fraction of sp³-hybridized carbons (Fsp3) is 0.182. The van der Waals surface area contributed by atoms with Crippen molar-refractivity contribution in [2.75, 3.05) is 17.1 Å². The van der Waals surface area contributed by atoms with E-state index in [4.69, 9.17) is 0 Å². The Kier molecular flexibility index (Phi) is 3.53. The predicted octanol–water partition coefficient (Wildman–Crippen LogP) is 2.29. The van der Waals surface area contributed by atoms with Gasteiger partial charge in [0.25, 0.3) is 10.0 Å². The van der Waals surface area contributed by atoms with Gasteiger partial charge in [-0.05, 0) is 18.6 Å². The second-order valence-corrected chi connectivity index (χ2v) is 6.33. The highest BCUT2D eigenvalue weighted by Gasteiger charge is 2.17. The van der Waals surface area contributed by atoms with Crippen molar-refractivity contribution in [3.63, 3.8) is 0 Å². The first-order valence-corrected chi connectivity index (χ1v) is 7.55. The van der Waals surface area contributed by atoms with E-state index >= 15 is 0 Å². The number of benzene rings is 1. The fourth-order valence-corrected chi connectivity index (χ4v) is 3.62. The molecule has 1 aromatic carbocycles. The molecule has 0 amide bonds. The SMILES string of the molecule is CNc1cnc(NS(=O)(=O)c2ccccc2C)s1. The van der Waals surface area contributed by atoms with Crippen LogP contribution >= 0.6 is 11.3 Å². The number of rotatable bonds is 4. The Labute approximate surface area is 110 Å². The molecule has 2 N–H and O–H groups in total. The number of aromatic nitrogens is 1. The minimum atomic E-state index is -3.57. The van der Waals surface area contributed by atoms with Gasteiger partial charge in [-0.25, -0.2) is 13.4 Å². The molecule has 18 heavy (non-hydrogen) atoms. The Morgan fingerprint density at radius 2 is 2.00 bits per heavy atom. The van der Waals surface area contributed by atoms with E-state index in [2.05, 4.69) is 15.0 Å². The summed E-state index contributed by atoms with van der Waals surface area (Å²) in [5.41, 5.74) is 0.704. The van der Waals surface area contributed by atoms with Gasteiger partial charge in [0.2, 0.25) is 0 Å². The largest absolute Gasteiger partial charge is 0.379 e. The standard InChI is InChI=1S/C11H13N3O2S2/c1-8-5-3-4-6-9(8)18(15,16)14-11-13-7-10(12-2)17-11/h3-7,12H,1-2H3,(H,13,14). The van der Waals surface area contributed by atoms with E-state index in [0.29, 0.717) is 10.7 Å². The maximum absolute atomic E-state index is 12.2. The van der Waals surface area contributed by atoms with Gasteiger partial charge in [0.1, 0.15) is 5.00 Å². The molecule has 0 spiro atoms. The Morgan fingerprint density at radius 1 is 1.28 bits per heavy atom. The van der Waals surface area contributed by atoms with E-state index in [1.165, 1.54) is 11.3 Å². The number of anilines is 2. The number of hydrogen-bond acceptors (Lipinski definition) is 5. The molecule has 2 rings (SSSR count). The normalized spacial score (nSPS) is 11.2. The van der Waals surface area contributed by atoms with E-state index in [1.54, 1.807) is 44.4 Å². The summed E-state index contributed by atoms with van der Waals surface area (Å²) < 4.78 is 26.8. The van der Waals surface area contributed by atoms with Crippen LogP contribution in [0.15, 0.2) is 35.4 Å². The van der Waals surface area contributed by atoms with Gasteiger partial charge in [-0.1, -0.05) is 29.5 Å². The molecule has 0 saturated heterocycles. The summed E-state index contributed by atoms with van der Waals surface area (Å²) in [7, 11) is -1.81. The summed E-state index contributed by atoms with van der Waals surface area (Å²) in [5.74, 6) is 0. The smallest absolute Gasteiger partial charge is 0.263 e. The molecule has 0 aliphatic rings. The van der Waals surface area contributed by atoms with Crippen LogP contribution in [0.5, 0.6) is 0 Å². The zero-order chi connectivity index (χ0) is 13.2. The lowest BCUT2D eigenvalue weighted by atomic mass is 10.2. The minimum absolute atomic E-state index is 0.270. The number of nitrogens with zero attached hydrogens (tertiary/aromatic N) is 1. The average molecular weight is 283 g/mol. The van der Waals surface area contributed by atoms with Crippen LogP contribution in [-0.4, -0.2) is 20.4 Å². The quantitative estimate of drug-likeness (QED) is 0.903. The van der Waals surface area contributed by atoms with E-state index in [9.17, 15) is 8.42 Å². The molecule has 1 aromatic heterocycles. The molecule has 0 fully saturated rings. The van der Waals surface area contributed by atoms with Gasteiger partial charge in [-0.2, -0.15) is 0 Å². The van der Waals surface area contributed by atoms with Crippen molar-refractivity contribution in [1.29, 1.82) is 0 Å². The van der Waals surface area contributed by atoms with Gasteiger partial charge >= 0.3 is 0 Å². The molecule has 96 valence electrons. The van der Waals surface area contributed by atoms with Gasteiger partial charge in [-0.15, -0.1) is 0 Å². The number of hydrogen-bond donors (Lipinski definition) is 2. The number of nitrogens with one attached hydrogen (secondary N) is 2. The van der Waals surface area contributed by atoms with Gasteiger partial charge in [0.15, 0.2) is 5.13 Å². The Hall–Kier alpha value is -1.60. The second-order valence-electron chi connectivity index (χ2n) is 3.65. The lowest BCUT2D eigenvalue weighted by Crippen LogP contribution is -2.13. The Morgan fingerprint density at radius 3 is 2.61 bits per heavy atom. The molecular weight excluding hydrogens is 270 g/mol. The third-order valence-electron chi connectivity index (χ3n) is 2.36. The van der Waals surface area contributed by atoms with Crippen LogP contribution in [0.2, 0.25) is 0 Å². The zero-order valence-corrected chi connectivity index (χ0v) is 11.6. The van der Waals surface area contributed by atoms with Crippen molar-refractivity contribution in [1.82, 2.24) is 4.98 Å². The van der Waals surface area contributed by atoms with Crippen LogP contribution in [0.25, 0.3) is 0 Å². The van der Waals surface area contributed by atoms with Crippen LogP contribution < -0.4 is 10.0 Å². The fourth-order valence-electron chi connectivity index (χ4n) is 1.46. The molecule has 0 aliphatic carbocycles. The molecule has 0 unspecified atom stereocenters. The van der Waals surface area contributed by atoms with Crippen LogP contribution in [-0.2, 0) is 10.0 Å². The van der Waals surface area contributed by atoms with Crippen molar-refractivity contribution < 1.29 is 8.42 Å². The third-order valence-corrected chi connectivity index (χ3v) is 4.92. The molecule has 0 aliphatic heterocycles. The van der Waals surface area contributed by atoms with E-state index in [1.807, 2.05) is 0 Å². The first-order valence-electron chi connectivity index (χ1n) is 5.25. The van der Waals surface area contributed by atoms with Crippen molar-refractivity contribution in [3.8, 4) is 0 Å². The molecule has 0 atom stereocenters. The Bertz CT molecular complexity index is 650. The predicted molar refractivity (Wildman–Crippen MR) is 73.6 cm³/mol. The van der Waals surface area contributed by atoms with Crippen LogP contribution in [0.3, 0.4) is 0 Å². The summed E-state index contributed by atoms with van der Waals surface area (Å²) in [4.78, 5) is 4.26. The summed E-state index contributed by atoms with van der Waals surface area (Å²) in [6, 6.07) is 6.83. The summed E-state index contributed by atoms with van der Waals surface area (Å²) >= 11 is 1.25. The monoisotopic (exact) mass is 283 g/mol.